The first-order valence-electron chi connectivity index (χ1n) is 6.24. The van der Waals surface area contributed by atoms with Crippen LogP contribution < -0.4 is 15.8 Å². The van der Waals surface area contributed by atoms with E-state index >= 15 is 0 Å². The molecule has 6 heteroatoms. The average molecular weight is 291 g/mol. The van der Waals surface area contributed by atoms with Crippen LogP contribution in [-0.2, 0) is 6.42 Å². The molecule has 0 aliphatic carbocycles. The van der Waals surface area contributed by atoms with Gasteiger partial charge in [0.15, 0.2) is 0 Å². The van der Waals surface area contributed by atoms with Crippen LogP contribution in [0.2, 0.25) is 0 Å². The van der Waals surface area contributed by atoms with Gasteiger partial charge in [-0.15, -0.1) is 11.3 Å². The molecule has 1 aromatic carbocycles. The number of amides is 1. The van der Waals surface area contributed by atoms with E-state index in [0.29, 0.717) is 30.1 Å². The largest absolute Gasteiger partial charge is 0.495 e. The van der Waals surface area contributed by atoms with Crippen molar-refractivity contribution in [1.82, 2.24) is 4.98 Å². The van der Waals surface area contributed by atoms with Gasteiger partial charge in [-0.05, 0) is 31.2 Å². The van der Waals surface area contributed by atoms with E-state index in [1.54, 1.807) is 12.5 Å². The second-order valence-corrected chi connectivity index (χ2v) is 5.27. The van der Waals surface area contributed by atoms with Gasteiger partial charge in [0.25, 0.3) is 5.91 Å². The predicted octanol–water partition coefficient (Wildman–Crippen LogP) is 2.21. The summed E-state index contributed by atoms with van der Waals surface area (Å²) in [5.74, 6) is 0.384. The first-order valence-corrected chi connectivity index (χ1v) is 7.12. The quantitative estimate of drug-likeness (QED) is 0.885. The van der Waals surface area contributed by atoms with Crippen molar-refractivity contribution in [2.75, 3.05) is 19.0 Å². The van der Waals surface area contributed by atoms with Crippen LogP contribution in [0.3, 0.4) is 0 Å². The predicted molar refractivity (Wildman–Crippen MR) is 80.6 cm³/mol. The van der Waals surface area contributed by atoms with Crippen molar-refractivity contribution in [1.29, 1.82) is 0 Å². The number of rotatable bonds is 5. The zero-order chi connectivity index (χ0) is 14.5. The van der Waals surface area contributed by atoms with Crippen LogP contribution in [-0.4, -0.2) is 24.5 Å². The molecule has 0 saturated heterocycles. The first-order chi connectivity index (χ1) is 9.63. The summed E-state index contributed by atoms with van der Waals surface area (Å²) < 4.78 is 5.23. The van der Waals surface area contributed by atoms with E-state index in [9.17, 15) is 4.79 Å². The Morgan fingerprint density at radius 2 is 2.30 bits per heavy atom. The van der Waals surface area contributed by atoms with Gasteiger partial charge in [0.05, 0.1) is 17.8 Å². The standard InChI is InChI=1S/C14H17N3O2S/c1-9-3-4-12(19-2)10(7-9)17-14(18)11-8-20-13(16-11)5-6-15/h3-4,7-8H,5-6,15H2,1-2H3,(H,17,18). The smallest absolute Gasteiger partial charge is 0.275 e. The van der Waals surface area contributed by atoms with Gasteiger partial charge >= 0.3 is 0 Å². The molecule has 0 aliphatic rings. The van der Waals surface area contributed by atoms with Gasteiger partial charge in [0, 0.05) is 11.8 Å². The van der Waals surface area contributed by atoms with Crippen LogP contribution in [0.15, 0.2) is 23.6 Å². The number of aromatic nitrogens is 1. The maximum Gasteiger partial charge on any atom is 0.275 e. The summed E-state index contributed by atoms with van der Waals surface area (Å²) in [6.45, 7) is 2.48. The SMILES string of the molecule is COc1ccc(C)cc1NC(=O)c1csc(CCN)n1. The second kappa shape index (κ2) is 6.49. The number of nitrogens with one attached hydrogen (secondary N) is 1. The van der Waals surface area contributed by atoms with Crippen LogP contribution >= 0.6 is 11.3 Å². The van der Waals surface area contributed by atoms with E-state index in [2.05, 4.69) is 10.3 Å². The van der Waals surface area contributed by atoms with Crippen molar-refractivity contribution in [3.05, 3.63) is 39.8 Å². The number of hydrogen-bond acceptors (Lipinski definition) is 5. The van der Waals surface area contributed by atoms with Gasteiger partial charge in [-0.3, -0.25) is 4.79 Å². The lowest BCUT2D eigenvalue weighted by Crippen LogP contribution is -2.13. The average Bonchev–Trinajstić information content (AvgIpc) is 2.88. The van der Waals surface area contributed by atoms with E-state index in [4.69, 9.17) is 10.5 Å². The Kier molecular flexibility index (Phi) is 4.70. The molecule has 2 aromatic rings. The van der Waals surface area contributed by atoms with Crippen molar-refractivity contribution in [2.45, 2.75) is 13.3 Å². The zero-order valence-electron chi connectivity index (χ0n) is 11.5. The molecule has 3 N–H and O–H groups in total. The summed E-state index contributed by atoms with van der Waals surface area (Å²) in [7, 11) is 1.57. The third-order valence-corrected chi connectivity index (χ3v) is 3.65. The summed E-state index contributed by atoms with van der Waals surface area (Å²) in [5.41, 5.74) is 7.57. The highest BCUT2D eigenvalue weighted by molar-refractivity contribution is 7.09. The van der Waals surface area contributed by atoms with Crippen molar-refractivity contribution in [3.8, 4) is 5.75 Å². The van der Waals surface area contributed by atoms with Gasteiger partial charge in [0.1, 0.15) is 11.4 Å². The number of carbonyl (C=O) groups excluding carboxylic acids is 1. The number of methoxy groups -OCH3 is 1. The van der Waals surface area contributed by atoms with E-state index in [-0.39, 0.29) is 5.91 Å². The summed E-state index contributed by atoms with van der Waals surface area (Å²) in [4.78, 5) is 16.4. The van der Waals surface area contributed by atoms with Crippen LogP contribution in [0.5, 0.6) is 5.75 Å². The summed E-state index contributed by atoms with van der Waals surface area (Å²) >= 11 is 1.44. The van der Waals surface area contributed by atoms with Crippen molar-refractivity contribution in [2.24, 2.45) is 5.73 Å². The molecule has 1 heterocycles. The van der Waals surface area contributed by atoms with E-state index in [0.717, 1.165) is 10.6 Å². The fourth-order valence-electron chi connectivity index (χ4n) is 1.76. The molecular formula is C14H17N3O2S. The minimum absolute atomic E-state index is 0.242. The number of nitrogens with zero attached hydrogens (tertiary/aromatic N) is 1. The molecule has 0 atom stereocenters. The fourth-order valence-corrected chi connectivity index (χ4v) is 2.55. The number of aryl methyl sites for hydroxylation is 1. The molecule has 0 aliphatic heterocycles. The Bertz CT molecular complexity index is 610. The van der Waals surface area contributed by atoms with Crippen LogP contribution in [0.4, 0.5) is 5.69 Å². The van der Waals surface area contributed by atoms with Crippen molar-refractivity contribution < 1.29 is 9.53 Å². The molecule has 1 amide bonds. The first kappa shape index (κ1) is 14.5. The molecule has 0 fully saturated rings. The Balaban J connectivity index is 2.16. The van der Waals surface area contributed by atoms with Crippen LogP contribution in [0.1, 0.15) is 21.1 Å². The van der Waals surface area contributed by atoms with Gasteiger partial charge in [-0.1, -0.05) is 6.07 Å². The molecular weight excluding hydrogens is 274 g/mol. The molecule has 0 unspecified atom stereocenters. The third kappa shape index (κ3) is 3.34. The van der Waals surface area contributed by atoms with Gasteiger partial charge in [-0.25, -0.2) is 4.98 Å². The molecule has 0 radical (unpaired) electrons. The fraction of sp³-hybridized carbons (Fsp3) is 0.286. The minimum atomic E-state index is -0.242. The number of carbonyl (C=O) groups is 1. The normalized spacial score (nSPS) is 10.3. The monoisotopic (exact) mass is 291 g/mol. The van der Waals surface area contributed by atoms with Crippen molar-refractivity contribution in [3.63, 3.8) is 0 Å². The van der Waals surface area contributed by atoms with E-state index in [1.807, 2.05) is 25.1 Å². The number of thiazole rings is 1. The number of nitrogens with two attached hydrogens (primary N) is 1. The summed E-state index contributed by atoms with van der Waals surface area (Å²) in [5, 5.41) is 5.43. The minimum Gasteiger partial charge on any atom is -0.495 e. The lowest BCUT2D eigenvalue weighted by Gasteiger charge is -2.10. The maximum absolute atomic E-state index is 12.2. The molecule has 0 spiro atoms. The summed E-state index contributed by atoms with van der Waals surface area (Å²) in [6.07, 6.45) is 0.686. The van der Waals surface area contributed by atoms with E-state index < -0.39 is 0 Å². The topological polar surface area (TPSA) is 77.2 Å². The highest BCUT2D eigenvalue weighted by atomic mass is 32.1. The van der Waals surface area contributed by atoms with E-state index in [1.165, 1.54) is 11.3 Å². The highest BCUT2D eigenvalue weighted by Gasteiger charge is 2.13. The summed E-state index contributed by atoms with van der Waals surface area (Å²) in [6, 6.07) is 5.62. The Morgan fingerprint density at radius 3 is 3.00 bits per heavy atom. The Labute approximate surface area is 121 Å². The lowest BCUT2D eigenvalue weighted by molar-refractivity contribution is 0.102. The molecule has 0 saturated carbocycles. The Morgan fingerprint density at radius 1 is 1.50 bits per heavy atom. The van der Waals surface area contributed by atoms with Gasteiger partial charge < -0.3 is 15.8 Å². The Hall–Kier alpha value is -1.92. The molecule has 2 rings (SSSR count). The van der Waals surface area contributed by atoms with Crippen molar-refractivity contribution >= 4 is 22.9 Å². The van der Waals surface area contributed by atoms with Gasteiger partial charge in [0.2, 0.25) is 0 Å². The number of benzene rings is 1. The number of anilines is 1. The molecule has 1 aromatic heterocycles. The third-order valence-electron chi connectivity index (χ3n) is 2.75. The number of hydrogen-bond donors (Lipinski definition) is 2. The van der Waals surface area contributed by atoms with Crippen LogP contribution in [0, 0.1) is 6.92 Å². The molecule has 0 bridgehead atoms. The molecule has 5 nitrogen and oxygen atoms in total. The molecule has 106 valence electrons. The highest BCUT2D eigenvalue weighted by Crippen LogP contribution is 2.25. The lowest BCUT2D eigenvalue weighted by atomic mass is 10.2. The number of ether oxygens (including phenoxy) is 1. The second-order valence-electron chi connectivity index (χ2n) is 4.32. The van der Waals surface area contributed by atoms with Crippen LogP contribution in [0.25, 0.3) is 0 Å². The maximum atomic E-state index is 12.2. The van der Waals surface area contributed by atoms with Gasteiger partial charge in [-0.2, -0.15) is 0 Å². The zero-order valence-corrected chi connectivity index (χ0v) is 12.3. The molecule has 20 heavy (non-hydrogen) atoms.